The maximum Gasteiger partial charge on any atom is 0.237 e. The van der Waals surface area contributed by atoms with Gasteiger partial charge in [-0.15, -0.1) is 0 Å². The Morgan fingerprint density at radius 1 is 1.09 bits per heavy atom. The van der Waals surface area contributed by atoms with Gasteiger partial charge in [0.05, 0.1) is 7.11 Å². The molecule has 168 valence electrons. The molecule has 33 heavy (non-hydrogen) atoms. The fourth-order valence-electron chi connectivity index (χ4n) is 6.45. The van der Waals surface area contributed by atoms with Gasteiger partial charge >= 0.3 is 0 Å². The van der Waals surface area contributed by atoms with Gasteiger partial charge in [0.25, 0.3) is 0 Å². The van der Waals surface area contributed by atoms with Gasteiger partial charge in [0, 0.05) is 35.8 Å². The Balaban J connectivity index is 1.26. The molecule has 5 heteroatoms. The van der Waals surface area contributed by atoms with E-state index >= 15 is 0 Å². The molecule has 1 aromatic heterocycles. The lowest BCUT2D eigenvalue weighted by Gasteiger charge is -2.39. The Kier molecular flexibility index (Phi) is 4.95. The highest BCUT2D eigenvalue weighted by Gasteiger charge is 2.58. The monoisotopic (exact) mass is 458 g/mol. The quantitative estimate of drug-likeness (QED) is 0.528. The zero-order valence-electron chi connectivity index (χ0n) is 18.8. The number of carbonyl (C=O) groups excluding carboxylic acids is 1. The van der Waals surface area contributed by atoms with E-state index in [0.29, 0.717) is 16.8 Å². The predicted molar refractivity (Wildman–Crippen MR) is 129 cm³/mol. The Morgan fingerprint density at radius 3 is 2.70 bits per heavy atom. The number of rotatable bonds is 4. The molecule has 3 aliphatic rings. The molecule has 1 fully saturated rings. The Hall–Kier alpha value is -2.85. The van der Waals surface area contributed by atoms with Crippen molar-refractivity contribution < 1.29 is 9.53 Å². The van der Waals surface area contributed by atoms with E-state index in [2.05, 4.69) is 46.3 Å². The number of amides is 1. The Labute approximate surface area is 199 Å². The van der Waals surface area contributed by atoms with Crippen LogP contribution in [0.3, 0.4) is 0 Å². The van der Waals surface area contributed by atoms with Gasteiger partial charge in [0.2, 0.25) is 11.8 Å². The Morgan fingerprint density at radius 2 is 1.88 bits per heavy atom. The number of nitrogens with zero attached hydrogens (tertiary/aromatic N) is 2. The van der Waals surface area contributed by atoms with Gasteiger partial charge < -0.3 is 9.64 Å². The van der Waals surface area contributed by atoms with Crippen molar-refractivity contribution in [2.45, 2.75) is 37.0 Å². The van der Waals surface area contributed by atoms with Gasteiger partial charge in [0.15, 0.2) is 0 Å². The fourth-order valence-corrected chi connectivity index (χ4v) is 6.62. The minimum atomic E-state index is -0.596. The number of pyridine rings is 1. The highest BCUT2D eigenvalue weighted by Crippen LogP contribution is 2.61. The molecule has 0 radical (unpaired) electrons. The number of aromatic nitrogens is 1. The molecule has 2 heterocycles. The van der Waals surface area contributed by atoms with Gasteiger partial charge in [-0.1, -0.05) is 48.0 Å². The minimum Gasteiger partial charge on any atom is -0.481 e. The van der Waals surface area contributed by atoms with Crippen LogP contribution in [0, 0.1) is 5.92 Å². The second kappa shape index (κ2) is 7.88. The van der Waals surface area contributed by atoms with E-state index in [-0.39, 0.29) is 11.8 Å². The molecule has 0 spiro atoms. The highest BCUT2D eigenvalue weighted by atomic mass is 35.5. The summed E-state index contributed by atoms with van der Waals surface area (Å²) in [6, 6.07) is 18.7. The number of benzene rings is 2. The number of hydrogen-bond donors (Lipinski definition) is 0. The molecule has 4 nitrogen and oxygen atoms in total. The number of piperidine rings is 1. The predicted octanol–water partition coefficient (Wildman–Crippen LogP) is 5.36. The molecule has 3 aromatic rings. The van der Waals surface area contributed by atoms with E-state index in [1.807, 2.05) is 18.2 Å². The van der Waals surface area contributed by atoms with Crippen LogP contribution in [-0.2, 0) is 16.6 Å². The maximum absolute atomic E-state index is 14.2. The molecule has 6 rings (SSSR count). The number of fused-ring (bicyclic) bond motifs is 8. The Bertz CT molecular complexity index is 1230. The van der Waals surface area contributed by atoms with Crippen LogP contribution in [0.2, 0.25) is 5.02 Å². The number of hydrogen-bond acceptors (Lipinski definition) is 3. The molecule has 1 saturated heterocycles. The second-order valence-corrected chi connectivity index (χ2v) is 10.0. The summed E-state index contributed by atoms with van der Waals surface area (Å²) in [7, 11) is 1.67. The first-order valence-corrected chi connectivity index (χ1v) is 12.2. The molecule has 0 N–H and O–H groups in total. The van der Waals surface area contributed by atoms with E-state index in [0.717, 1.165) is 49.9 Å². The van der Waals surface area contributed by atoms with Crippen LogP contribution in [0.25, 0.3) is 0 Å². The third-order valence-electron chi connectivity index (χ3n) is 7.98. The topological polar surface area (TPSA) is 42.4 Å². The fraction of sp³-hybridized carbons (Fsp3) is 0.357. The van der Waals surface area contributed by atoms with Crippen molar-refractivity contribution in [2.24, 2.45) is 5.92 Å². The molecular formula is C28H27ClN2O2. The van der Waals surface area contributed by atoms with Crippen LogP contribution in [0.4, 0.5) is 0 Å². The normalized spacial score (nSPS) is 23.3. The van der Waals surface area contributed by atoms with Crippen LogP contribution in [0.5, 0.6) is 5.88 Å². The summed E-state index contributed by atoms with van der Waals surface area (Å²) in [5.41, 5.74) is 5.42. The van der Waals surface area contributed by atoms with E-state index in [1.54, 1.807) is 13.3 Å². The third kappa shape index (κ3) is 3.11. The highest BCUT2D eigenvalue weighted by molar-refractivity contribution is 6.30. The first kappa shape index (κ1) is 20.7. The number of ether oxygens (including phenoxy) is 1. The van der Waals surface area contributed by atoms with E-state index in [4.69, 9.17) is 16.3 Å². The average Bonchev–Trinajstić information content (AvgIpc) is 3.38. The molecule has 0 saturated carbocycles. The van der Waals surface area contributed by atoms with Crippen molar-refractivity contribution in [2.75, 3.05) is 20.2 Å². The van der Waals surface area contributed by atoms with Crippen LogP contribution in [-0.4, -0.2) is 36.0 Å². The van der Waals surface area contributed by atoms with Gasteiger partial charge in [-0.2, -0.15) is 0 Å². The van der Waals surface area contributed by atoms with Gasteiger partial charge in [-0.05, 0) is 72.1 Å². The van der Waals surface area contributed by atoms with Crippen LogP contribution in [0.15, 0.2) is 60.8 Å². The molecule has 2 bridgehead atoms. The first-order chi connectivity index (χ1) is 16.1. The minimum absolute atomic E-state index is 0.246. The number of carbonyl (C=O) groups is 1. The summed E-state index contributed by atoms with van der Waals surface area (Å²) < 4.78 is 5.44. The number of likely N-dealkylation sites (tertiary alicyclic amines) is 1. The van der Waals surface area contributed by atoms with E-state index in [9.17, 15) is 4.79 Å². The summed E-state index contributed by atoms with van der Waals surface area (Å²) in [5.74, 6) is 1.77. The molecule has 2 aromatic carbocycles. The van der Waals surface area contributed by atoms with Crippen LogP contribution in [0.1, 0.15) is 53.0 Å². The third-order valence-corrected chi connectivity index (χ3v) is 8.21. The first-order valence-electron chi connectivity index (χ1n) is 11.8. The van der Waals surface area contributed by atoms with Crippen molar-refractivity contribution in [3.63, 3.8) is 0 Å². The van der Waals surface area contributed by atoms with Crippen LogP contribution < -0.4 is 4.74 Å². The maximum atomic E-state index is 14.2. The lowest BCUT2D eigenvalue weighted by atomic mass is 9.73. The zero-order chi connectivity index (χ0) is 22.6. The summed E-state index contributed by atoms with van der Waals surface area (Å²) >= 11 is 6.42. The van der Waals surface area contributed by atoms with Crippen molar-refractivity contribution in [1.29, 1.82) is 0 Å². The lowest BCUT2D eigenvalue weighted by molar-refractivity contribution is -0.137. The van der Waals surface area contributed by atoms with Gasteiger partial charge in [-0.25, -0.2) is 4.98 Å². The van der Waals surface area contributed by atoms with E-state index in [1.165, 1.54) is 16.7 Å². The van der Waals surface area contributed by atoms with Crippen molar-refractivity contribution >= 4 is 17.5 Å². The van der Waals surface area contributed by atoms with Gasteiger partial charge in [0.1, 0.15) is 5.41 Å². The average molecular weight is 459 g/mol. The van der Waals surface area contributed by atoms with Gasteiger partial charge in [-0.3, -0.25) is 4.79 Å². The second-order valence-electron chi connectivity index (χ2n) is 9.59. The standard InChI is InChI=1S/C28H27ClN2O2/c1-33-26-19(5-4-12-30-26)15-18-10-13-31(14-11-18)27(32)28-17-23(21-6-2-3-7-24(21)28)22-9-8-20(29)16-25(22)28/h2-9,12,16,18,23H,10-11,13-15,17H2,1H3/t23-,28+/m1/s1. The SMILES string of the molecule is COc1ncccc1CC1CCN(C(=O)[C@@]23C[C@H](c4ccccc42)c2ccc(Cl)cc23)CC1. The summed E-state index contributed by atoms with van der Waals surface area (Å²) in [5, 5.41) is 0.704. The van der Waals surface area contributed by atoms with Crippen LogP contribution >= 0.6 is 11.6 Å². The zero-order valence-corrected chi connectivity index (χ0v) is 19.5. The lowest BCUT2D eigenvalue weighted by Crippen LogP contribution is -2.49. The summed E-state index contributed by atoms with van der Waals surface area (Å²) in [4.78, 5) is 20.7. The molecule has 0 unspecified atom stereocenters. The van der Waals surface area contributed by atoms with Crippen molar-refractivity contribution in [3.8, 4) is 5.88 Å². The molecule has 1 aliphatic heterocycles. The van der Waals surface area contributed by atoms with Crippen molar-refractivity contribution in [1.82, 2.24) is 9.88 Å². The summed E-state index contributed by atoms with van der Waals surface area (Å²) in [6.07, 6.45) is 5.52. The molecular weight excluding hydrogens is 432 g/mol. The van der Waals surface area contributed by atoms with E-state index < -0.39 is 5.41 Å². The van der Waals surface area contributed by atoms with Crippen molar-refractivity contribution in [3.05, 3.63) is 93.6 Å². The molecule has 1 amide bonds. The summed E-state index contributed by atoms with van der Waals surface area (Å²) in [6.45, 7) is 1.58. The number of halogens is 1. The molecule has 2 aliphatic carbocycles. The smallest absolute Gasteiger partial charge is 0.237 e. The largest absolute Gasteiger partial charge is 0.481 e. The number of methoxy groups -OCH3 is 1. The molecule has 2 atom stereocenters.